The van der Waals surface area contributed by atoms with Crippen LogP contribution in [0, 0.1) is 0 Å². The van der Waals surface area contributed by atoms with E-state index in [1.165, 1.54) is 0 Å². The topological polar surface area (TPSA) is 163 Å². The van der Waals surface area contributed by atoms with Gasteiger partial charge in [0.2, 0.25) is 0 Å². The van der Waals surface area contributed by atoms with Crippen LogP contribution >= 0.6 is 0 Å². The summed E-state index contributed by atoms with van der Waals surface area (Å²) in [5, 5.41) is 42.7. The maximum absolute atomic E-state index is 10.6. The molecule has 0 fully saturated rings. The fourth-order valence-corrected chi connectivity index (χ4v) is 1.46. The summed E-state index contributed by atoms with van der Waals surface area (Å²) < 4.78 is 0. The molecule has 2 atom stereocenters. The van der Waals surface area contributed by atoms with Gasteiger partial charge in [-0.2, -0.15) is 0 Å². The van der Waals surface area contributed by atoms with Crippen molar-refractivity contribution >= 4 is 11.9 Å². The number of carbonyl (C=O) groups excluding carboxylic acids is 1. The first-order valence-corrected chi connectivity index (χ1v) is 5.91. The van der Waals surface area contributed by atoms with Crippen molar-refractivity contribution in [3.05, 3.63) is 0 Å². The molecule has 0 aromatic rings. The van der Waals surface area contributed by atoms with Crippen molar-refractivity contribution in [2.75, 3.05) is 26.3 Å². The molecule has 0 rings (SSSR count). The molecule has 0 aliphatic heterocycles. The van der Waals surface area contributed by atoms with E-state index in [0.717, 1.165) is 0 Å². The van der Waals surface area contributed by atoms with Gasteiger partial charge in [-0.25, -0.2) is 4.89 Å². The Morgan fingerprint density at radius 1 is 1.18 bits per heavy atom. The predicted octanol–water partition coefficient (Wildman–Crippen LogP) is -9.69. The first kappa shape index (κ1) is 27.5. The molecular weight excluding hydrogens is 322 g/mol. The van der Waals surface area contributed by atoms with Gasteiger partial charge in [0.1, 0.15) is 0 Å². The van der Waals surface area contributed by atoms with Crippen molar-refractivity contribution in [1.29, 1.82) is 0 Å². The van der Waals surface area contributed by atoms with Crippen molar-refractivity contribution in [2.24, 2.45) is 0 Å². The van der Waals surface area contributed by atoms with Gasteiger partial charge >= 0.3 is 65.1 Å². The van der Waals surface area contributed by atoms with Gasteiger partial charge in [0, 0.05) is 25.7 Å². The minimum Gasteiger partial charge on any atom is -0.723 e. The summed E-state index contributed by atoms with van der Waals surface area (Å²) >= 11 is 0. The smallest absolute Gasteiger partial charge is 0.723 e. The average Bonchev–Trinajstić information content (AvgIpc) is 2.38. The van der Waals surface area contributed by atoms with Crippen LogP contribution in [-0.4, -0.2) is 60.7 Å². The normalized spacial score (nSPS) is 12.6. The summed E-state index contributed by atoms with van der Waals surface area (Å²) in [5.41, 5.74) is 0. The average molecular weight is 340 g/mol. The zero-order valence-corrected chi connectivity index (χ0v) is 16.7. The van der Waals surface area contributed by atoms with E-state index < -0.39 is 24.4 Å². The van der Waals surface area contributed by atoms with Crippen LogP contribution in [0.25, 0.3) is 0 Å². The van der Waals surface area contributed by atoms with Crippen LogP contribution in [0.4, 0.5) is 0 Å². The Morgan fingerprint density at radius 2 is 1.77 bits per heavy atom. The number of rotatable bonds is 13. The molecule has 4 N–H and O–H groups in total. The Balaban J connectivity index is -0.00000180. The van der Waals surface area contributed by atoms with Crippen LogP contribution in [0.5, 0.6) is 0 Å². The Morgan fingerprint density at radius 3 is 2.23 bits per heavy atom. The summed E-state index contributed by atoms with van der Waals surface area (Å²) in [7, 11) is 0. The van der Waals surface area contributed by atoms with Crippen molar-refractivity contribution in [3.8, 4) is 0 Å². The van der Waals surface area contributed by atoms with Gasteiger partial charge in [0.25, 0.3) is 0 Å². The molecule has 0 radical (unpaired) electrons. The summed E-state index contributed by atoms with van der Waals surface area (Å²) in [5.74, 6) is -2.75. The Bertz CT molecular complexity index is 298. The van der Waals surface area contributed by atoms with Gasteiger partial charge in [-0.05, 0) is 6.42 Å². The van der Waals surface area contributed by atoms with Crippen LogP contribution in [0.3, 0.4) is 0 Å². The van der Waals surface area contributed by atoms with Crippen molar-refractivity contribution < 1.29 is 99.2 Å². The summed E-state index contributed by atoms with van der Waals surface area (Å²) in [6, 6.07) is -1.66. The molecule has 0 bridgehead atoms. The number of nitrogens with one attached hydrogen (secondary N) is 2. The SMILES string of the molecule is O=C(O)CC(NCCNC(CCOO)CO[O-])C(=O)[O-].[Na+].[Na+]. The number of aliphatic carboxylic acids is 2. The summed E-state index contributed by atoms with van der Waals surface area (Å²) in [6.45, 7) is 0.279. The van der Waals surface area contributed by atoms with E-state index in [1.807, 2.05) is 0 Å². The van der Waals surface area contributed by atoms with Crippen molar-refractivity contribution in [1.82, 2.24) is 10.6 Å². The predicted molar refractivity (Wildman–Crippen MR) is 60.0 cm³/mol. The van der Waals surface area contributed by atoms with E-state index in [1.54, 1.807) is 0 Å². The Hall–Kier alpha value is 0.700. The molecule has 22 heavy (non-hydrogen) atoms. The number of hydrogen-bond acceptors (Lipinski definition) is 9. The quantitative estimate of drug-likeness (QED) is 0.109. The molecule has 10 nitrogen and oxygen atoms in total. The van der Waals surface area contributed by atoms with Gasteiger partial charge in [-0.15, -0.1) is 0 Å². The summed E-state index contributed by atoms with van der Waals surface area (Å²) in [6.07, 6.45) is -0.272. The van der Waals surface area contributed by atoms with Crippen LogP contribution in [0.15, 0.2) is 0 Å². The van der Waals surface area contributed by atoms with Crippen LogP contribution in [0.2, 0.25) is 0 Å². The third-order valence-electron chi connectivity index (χ3n) is 2.44. The first-order chi connectivity index (χ1) is 9.51. The van der Waals surface area contributed by atoms with Gasteiger partial charge in [0.05, 0.1) is 25.0 Å². The number of carbonyl (C=O) groups is 2. The van der Waals surface area contributed by atoms with Gasteiger partial charge < -0.3 is 35.8 Å². The molecule has 0 heterocycles. The van der Waals surface area contributed by atoms with Gasteiger partial charge in [-0.1, -0.05) is 0 Å². The molecule has 118 valence electrons. The molecule has 0 spiro atoms. The van der Waals surface area contributed by atoms with E-state index >= 15 is 0 Å². The molecule has 0 saturated carbocycles. The molecule has 0 saturated heterocycles. The third-order valence-corrected chi connectivity index (χ3v) is 2.44. The maximum Gasteiger partial charge on any atom is 1.00 e. The fraction of sp³-hybridized carbons (Fsp3) is 0.800. The molecule has 2 unspecified atom stereocenters. The van der Waals surface area contributed by atoms with Crippen LogP contribution in [0.1, 0.15) is 12.8 Å². The van der Waals surface area contributed by atoms with E-state index in [4.69, 9.17) is 10.4 Å². The molecule has 0 aliphatic rings. The van der Waals surface area contributed by atoms with Gasteiger partial charge in [-0.3, -0.25) is 10.1 Å². The van der Waals surface area contributed by atoms with Gasteiger partial charge in [0.15, 0.2) is 0 Å². The minimum absolute atomic E-state index is 0. The zero-order valence-electron chi connectivity index (χ0n) is 12.7. The monoisotopic (exact) mass is 340 g/mol. The second-order valence-corrected chi connectivity index (χ2v) is 3.98. The summed E-state index contributed by atoms with van der Waals surface area (Å²) in [4.78, 5) is 28.7. The van der Waals surface area contributed by atoms with E-state index in [2.05, 4.69) is 20.4 Å². The largest absolute Gasteiger partial charge is 1.00 e. The molecule has 0 aromatic heterocycles. The van der Waals surface area contributed by atoms with E-state index in [-0.39, 0.29) is 91.5 Å². The Labute approximate surface area is 172 Å². The number of carboxylic acids is 2. The second kappa shape index (κ2) is 18.0. The molecule has 0 aromatic carbocycles. The van der Waals surface area contributed by atoms with Crippen molar-refractivity contribution in [3.63, 3.8) is 0 Å². The number of hydrogen-bond donors (Lipinski definition) is 4. The van der Waals surface area contributed by atoms with Crippen LogP contribution in [-0.2, 0) is 19.4 Å². The Kier molecular flexibility index (Phi) is 22.6. The molecular formula is C10H18N2Na2O8. The standard InChI is InChI=1S/C10H20N2O8.2Na/c13-9(14)5-8(10(15)16)12-3-2-11-7(6-20-18)1-4-19-17;;/h7-8,11-12,17-18H,1-6H2,(H,13,14)(H,15,16);;/q;2*+1/p-2. The molecule has 12 heteroatoms. The maximum atomic E-state index is 10.6. The number of carboxylic acid groups (broad SMARTS) is 2. The molecule has 0 aliphatic carbocycles. The third kappa shape index (κ3) is 15.6. The first-order valence-electron chi connectivity index (χ1n) is 5.91. The fourth-order valence-electron chi connectivity index (χ4n) is 1.46. The van der Waals surface area contributed by atoms with Crippen LogP contribution < -0.4 is 80.1 Å². The van der Waals surface area contributed by atoms with E-state index in [0.29, 0.717) is 6.42 Å². The zero-order chi connectivity index (χ0) is 15.4. The second-order valence-electron chi connectivity index (χ2n) is 3.98. The van der Waals surface area contributed by atoms with Crippen molar-refractivity contribution in [2.45, 2.75) is 24.9 Å². The minimum atomic E-state index is -1.50. The van der Waals surface area contributed by atoms with E-state index in [9.17, 15) is 20.0 Å². The molecule has 0 amide bonds.